The highest BCUT2D eigenvalue weighted by molar-refractivity contribution is 7.99. The van der Waals surface area contributed by atoms with Crippen LogP contribution < -0.4 is 15.7 Å². The van der Waals surface area contributed by atoms with Crippen LogP contribution in [0.2, 0.25) is 0 Å². The second-order valence-electron chi connectivity index (χ2n) is 7.60. The van der Waals surface area contributed by atoms with Gasteiger partial charge in [-0.3, -0.25) is 14.2 Å². The van der Waals surface area contributed by atoms with Crippen molar-refractivity contribution in [2.45, 2.75) is 31.3 Å². The first kappa shape index (κ1) is 22.8. The van der Waals surface area contributed by atoms with E-state index < -0.39 is 0 Å². The highest BCUT2D eigenvalue weighted by Crippen LogP contribution is 2.36. The molecule has 1 aliphatic carbocycles. The van der Waals surface area contributed by atoms with Crippen LogP contribution >= 0.6 is 34.4 Å². The topological polar surface area (TPSA) is 85.6 Å². The standard InChI is InChI=1S/C24H22N4O3S3/c1-2-31-16-10-8-15(9-11-16)28-23(30)21-18-6-3-7-19(18)34-22(21)26-24(28)33-14-20(29)27-25-13-17-5-4-12-32-17/h4-5,8-13H,2-3,6-7,14H2,1H3,(H,27,29). The van der Waals surface area contributed by atoms with Gasteiger partial charge in [0.1, 0.15) is 10.6 Å². The van der Waals surface area contributed by atoms with Gasteiger partial charge >= 0.3 is 0 Å². The van der Waals surface area contributed by atoms with Gasteiger partial charge in [0.15, 0.2) is 5.16 Å². The summed E-state index contributed by atoms with van der Waals surface area (Å²) >= 11 is 4.36. The Morgan fingerprint density at radius 1 is 1.29 bits per heavy atom. The van der Waals surface area contributed by atoms with Gasteiger partial charge < -0.3 is 4.74 Å². The fourth-order valence-corrected chi connectivity index (χ4v) is 6.59. The van der Waals surface area contributed by atoms with Crippen LogP contribution in [-0.4, -0.2) is 34.0 Å². The first-order chi connectivity index (χ1) is 16.6. The molecule has 1 amide bonds. The Morgan fingerprint density at radius 3 is 2.91 bits per heavy atom. The highest BCUT2D eigenvalue weighted by Gasteiger charge is 2.24. The molecular formula is C24H22N4O3S3. The van der Waals surface area contributed by atoms with Gasteiger partial charge in [-0.15, -0.1) is 22.7 Å². The maximum absolute atomic E-state index is 13.7. The van der Waals surface area contributed by atoms with Crippen molar-refractivity contribution in [2.24, 2.45) is 5.10 Å². The lowest BCUT2D eigenvalue weighted by Crippen LogP contribution is -2.24. The molecule has 7 nitrogen and oxygen atoms in total. The van der Waals surface area contributed by atoms with Gasteiger partial charge in [0.2, 0.25) is 0 Å². The molecule has 34 heavy (non-hydrogen) atoms. The summed E-state index contributed by atoms with van der Waals surface area (Å²) in [5.41, 5.74) is 4.28. The molecule has 174 valence electrons. The maximum Gasteiger partial charge on any atom is 0.267 e. The number of aryl methyl sites for hydroxylation is 2. The molecule has 1 aromatic carbocycles. The number of benzene rings is 1. The molecule has 0 atom stereocenters. The highest BCUT2D eigenvalue weighted by atomic mass is 32.2. The fourth-order valence-electron chi connectivity index (χ4n) is 3.90. The zero-order chi connectivity index (χ0) is 23.5. The number of aromatic nitrogens is 2. The third-order valence-electron chi connectivity index (χ3n) is 5.37. The number of hydrogen-bond acceptors (Lipinski definition) is 8. The van der Waals surface area contributed by atoms with Crippen molar-refractivity contribution < 1.29 is 9.53 Å². The first-order valence-corrected chi connectivity index (χ1v) is 13.6. The lowest BCUT2D eigenvalue weighted by atomic mass is 10.2. The number of ether oxygens (including phenoxy) is 1. The summed E-state index contributed by atoms with van der Waals surface area (Å²) in [7, 11) is 0. The number of nitrogens with one attached hydrogen (secondary N) is 1. The van der Waals surface area contributed by atoms with Crippen molar-refractivity contribution in [3.05, 3.63) is 67.4 Å². The van der Waals surface area contributed by atoms with Gasteiger partial charge in [0.25, 0.3) is 11.5 Å². The number of hydrazone groups is 1. The monoisotopic (exact) mass is 510 g/mol. The summed E-state index contributed by atoms with van der Waals surface area (Å²) in [6, 6.07) is 11.2. The number of fused-ring (bicyclic) bond motifs is 3. The molecule has 0 bridgehead atoms. The molecule has 0 unspecified atom stereocenters. The zero-order valence-electron chi connectivity index (χ0n) is 18.4. The maximum atomic E-state index is 13.7. The van der Waals surface area contributed by atoms with Crippen LogP contribution in [0.3, 0.4) is 0 Å². The smallest absolute Gasteiger partial charge is 0.267 e. The Labute approximate surface area is 208 Å². The van der Waals surface area contributed by atoms with Crippen molar-refractivity contribution in [1.29, 1.82) is 0 Å². The summed E-state index contributed by atoms with van der Waals surface area (Å²) in [5, 5.41) is 7.15. The van der Waals surface area contributed by atoms with Gasteiger partial charge in [0, 0.05) is 9.75 Å². The summed E-state index contributed by atoms with van der Waals surface area (Å²) < 4.78 is 7.15. The number of carbonyl (C=O) groups is 1. The van der Waals surface area contributed by atoms with Crippen LogP contribution in [0.1, 0.15) is 28.7 Å². The second kappa shape index (κ2) is 10.1. The lowest BCUT2D eigenvalue weighted by Gasteiger charge is -2.13. The van der Waals surface area contributed by atoms with Crippen molar-refractivity contribution in [1.82, 2.24) is 15.0 Å². The van der Waals surface area contributed by atoms with E-state index in [0.29, 0.717) is 22.8 Å². The fraction of sp³-hybridized carbons (Fsp3) is 0.250. The minimum Gasteiger partial charge on any atom is -0.494 e. The largest absolute Gasteiger partial charge is 0.494 e. The van der Waals surface area contributed by atoms with Crippen LogP contribution in [0, 0.1) is 0 Å². The Balaban J connectivity index is 1.45. The quantitative estimate of drug-likeness (QED) is 0.162. The van der Waals surface area contributed by atoms with Crippen LogP contribution in [-0.2, 0) is 17.6 Å². The summed E-state index contributed by atoms with van der Waals surface area (Å²) in [6.45, 7) is 2.50. The second-order valence-corrected chi connectivity index (χ2v) is 10.6. The summed E-state index contributed by atoms with van der Waals surface area (Å²) in [4.78, 5) is 33.9. The molecule has 1 N–H and O–H groups in total. The van der Waals surface area contributed by atoms with Gasteiger partial charge in [-0.25, -0.2) is 10.4 Å². The van der Waals surface area contributed by atoms with Gasteiger partial charge in [-0.2, -0.15) is 5.10 Å². The first-order valence-electron chi connectivity index (χ1n) is 10.9. The van der Waals surface area contributed by atoms with E-state index in [4.69, 9.17) is 9.72 Å². The molecule has 10 heteroatoms. The molecule has 1 aliphatic rings. The van der Waals surface area contributed by atoms with Crippen molar-refractivity contribution in [3.8, 4) is 11.4 Å². The van der Waals surface area contributed by atoms with Crippen LogP contribution in [0.25, 0.3) is 15.9 Å². The molecule has 5 rings (SSSR count). The Hall–Kier alpha value is -2.95. The average Bonchev–Trinajstić information content (AvgIpc) is 3.57. The van der Waals surface area contributed by atoms with Crippen LogP contribution in [0.5, 0.6) is 5.75 Å². The number of carbonyl (C=O) groups excluding carboxylic acids is 1. The minimum atomic E-state index is -0.265. The molecule has 0 spiro atoms. The zero-order valence-corrected chi connectivity index (χ0v) is 20.9. The number of thiophene rings is 2. The van der Waals surface area contributed by atoms with Gasteiger partial charge in [-0.1, -0.05) is 17.8 Å². The Morgan fingerprint density at radius 2 is 2.15 bits per heavy atom. The predicted octanol–water partition coefficient (Wildman–Crippen LogP) is 4.64. The van der Waals surface area contributed by atoms with Crippen molar-refractivity contribution in [3.63, 3.8) is 0 Å². The van der Waals surface area contributed by atoms with Crippen LogP contribution in [0.15, 0.2) is 56.8 Å². The van der Waals surface area contributed by atoms with E-state index in [2.05, 4.69) is 10.5 Å². The molecule has 3 aromatic heterocycles. The minimum absolute atomic E-state index is 0.0852. The van der Waals surface area contributed by atoms with Crippen molar-refractivity contribution >= 4 is 56.8 Å². The predicted molar refractivity (Wildman–Crippen MR) is 139 cm³/mol. The van der Waals surface area contributed by atoms with E-state index in [1.807, 2.05) is 48.7 Å². The SMILES string of the molecule is CCOc1ccc(-n2c(SCC(=O)NN=Cc3cccs3)nc3sc4c(c3c2=O)CCC4)cc1. The van der Waals surface area contributed by atoms with Gasteiger partial charge in [0.05, 0.1) is 29.6 Å². The van der Waals surface area contributed by atoms with E-state index in [1.165, 1.54) is 28.0 Å². The van der Waals surface area contributed by atoms with E-state index in [1.54, 1.807) is 22.1 Å². The number of amides is 1. The third-order valence-corrected chi connectivity index (χ3v) is 8.30. The van der Waals surface area contributed by atoms with Crippen LogP contribution in [0.4, 0.5) is 0 Å². The molecule has 0 saturated carbocycles. The van der Waals surface area contributed by atoms with Gasteiger partial charge in [-0.05, 0) is 67.5 Å². The number of nitrogens with zero attached hydrogens (tertiary/aromatic N) is 3. The lowest BCUT2D eigenvalue weighted by molar-refractivity contribution is -0.118. The molecule has 0 aliphatic heterocycles. The number of rotatable bonds is 8. The summed E-state index contributed by atoms with van der Waals surface area (Å²) in [5.74, 6) is 0.558. The molecular weight excluding hydrogens is 488 g/mol. The van der Waals surface area contributed by atoms with E-state index >= 15 is 0 Å². The average molecular weight is 511 g/mol. The number of hydrogen-bond donors (Lipinski definition) is 1. The van der Waals surface area contributed by atoms with E-state index in [-0.39, 0.29) is 17.2 Å². The molecule has 0 saturated heterocycles. The third kappa shape index (κ3) is 4.66. The molecule has 4 aromatic rings. The normalized spacial score (nSPS) is 13.0. The summed E-state index contributed by atoms with van der Waals surface area (Å²) in [6.07, 6.45) is 4.58. The Bertz CT molecular complexity index is 1410. The molecule has 0 fully saturated rings. The molecule has 3 heterocycles. The van der Waals surface area contributed by atoms with E-state index in [9.17, 15) is 9.59 Å². The van der Waals surface area contributed by atoms with E-state index in [0.717, 1.165) is 40.3 Å². The number of thioether (sulfide) groups is 1. The molecule has 0 radical (unpaired) electrons. The Kier molecular flexibility index (Phi) is 6.80. The van der Waals surface area contributed by atoms with Crippen molar-refractivity contribution in [2.75, 3.05) is 12.4 Å².